The Kier molecular flexibility index (Phi) is 5.71. The van der Waals surface area contributed by atoms with Crippen LogP contribution in [0, 0.1) is 5.92 Å². The van der Waals surface area contributed by atoms with Gasteiger partial charge in [0.2, 0.25) is 5.91 Å². The zero-order valence-corrected chi connectivity index (χ0v) is 14.5. The molecule has 6 heteroatoms. The molecule has 0 bridgehead atoms. The number of carbonyl (C=O) groups is 1. The topological polar surface area (TPSA) is 75.8 Å². The summed E-state index contributed by atoms with van der Waals surface area (Å²) in [6.07, 6.45) is 4.49. The fourth-order valence-electron chi connectivity index (χ4n) is 3.13. The third-order valence-corrected chi connectivity index (χ3v) is 4.61. The van der Waals surface area contributed by atoms with Crippen molar-refractivity contribution in [1.29, 1.82) is 0 Å². The van der Waals surface area contributed by atoms with Crippen molar-refractivity contribution in [2.75, 3.05) is 26.8 Å². The maximum Gasteiger partial charge on any atom is 0.223 e. The van der Waals surface area contributed by atoms with Crippen LogP contribution in [0.15, 0.2) is 34.9 Å². The van der Waals surface area contributed by atoms with Gasteiger partial charge >= 0.3 is 0 Å². The van der Waals surface area contributed by atoms with Crippen LogP contribution in [0.25, 0.3) is 11.3 Å². The van der Waals surface area contributed by atoms with Crippen molar-refractivity contribution in [2.45, 2.75) is 25.7 Å². The summed E-state index contributed by atoms with van der Waals surface area (Å²) in [6.45, 7) is 1.57. The number of aromatic nitrogens is 1. The van der Waals surface area contributed by atoms with Gasteiger partial charge in [-0.05, 0) is 43.0 Å². The van der Waals surface area contributed by atoms with Crippen molar-refractivity contribution in [2.24, 2.45) is 5.92 Å². The van der Waals surface area contributed by atoms with Gasteiger partial charge in [0.05, 0.1) is 13.3 Å². The van der Waals surface area contributed by atoms with Crippen molar-refractivity contribution >= 4 is 5.91 Å². The van der Waals surface area contributed by atoms with Gasteiger partial charge in [0, 0.05) is 38.1 Å². The minimum atomic E-state index is 0.0994. The number of benzene rings is 1. The minimum absolute atomic E-state index is 0.0994. The van der Waals surface area contributed by atoms with Gasteiger partial charge in [-0.1, -0.05) is 0 Å². The van der Waals surface area contributed by atoms with E-state index in [0.717, 1.165) is 30.7 Å². The van der Waals surface area contributed by atoms with E-state index in [9.17, 15) is 9.90 Å². The second kappa shape index (κ2) is 8.16. The van der Waals surface area contributed by atoms with Crippen LogP contribution >= 0.6 is 0 Å². The summed E-state index contributed by atoms with van der Waals surface area (Å²) in [7, 11) is 1.63. The maximum atomic E-state index is 12.3. The van der Waals surface area contributed by atoms with Gasteiger partial charge in [0.1, 0.15) is 5.75 Å². The zero-order valence-electron chi connectivity index (χ0n) is 14.5. The normalized spacial score (nSPS) is 17.5. The van der Waals surface area contributed by atoms with Crippen LogP contribution in [0.2, 0.25) is 0 Å². The highest BCUT2D eigenvalue weighted by Crippen LogP contribution is 2.24. The number of aryl methyl sites for hydroxylation is 1. The number of hydrogen-bond acceptors (Lipinski definition) is 5. The lowest BCUT2D eigenvalue weighted by molar-refractivity contribution is -0.133. The lowest BCUT2D eigenvalue weighted by Crippen LogP contribution is -2.41. The Morgan fingerprint density at radius 2 is 2.20 bits per heavy atom. The van der Waals surface area contributed by atoms with Gasteiger partial charge in [0.15, 0.2) is 11.7 Å². The van der Waals surface area contributed by atoms with E-state index in [-0.39, 0.29) is 18.4 Å². The van der Waals surface area contributed by atoms with E-state index in [0.29, 0.717) is 31.0 Å². The fourth-order valence-corrected chi connectivity index (χ4v) is 3.13. The van der Waals surface area contributed by atoms with Crippen LogP contribution < -0.4 is 4.74 Å². The SMILES string of the molecule is COc1ccc(-c2cnc(CCC(=O)N3CCCC(CO)C3)o2)cc1. The Labute approximate surface area is 147 Å². The maximum absolute atomic E-state index is 12.3. The molecule has 3 rings (SSSR count). The van der Waals surface area contributed by atoms with E-state index in [1.807, 2.05) is 29.2 Å². The predicted octanol–water partition coefficient (Wildman–Crippen LogP) is 2.51. The summed E-state index contributed by atoms with van der Waals surface area (Å²) in [5.41, 5.74) is 0.924. The molecule has 25 heavy (non-hydrogen) atoms. The largest absolute Gasteiger partial charge is 0.497 e. The number of aliphatic hydroxyl groups excluding tert-OH is 1. The first-order chi connectivity index (χ1) is 12.2. The smallest absolute Gasteiger partial charge is 0.223 e. The standard InChI is InChI=1S/C19H24N2O4/c1-24-16-6-4-15(5-7-16)17-11-20-18(25-17)8-9-19(23)21-10-2-3-14(12-21)13-22/h4-7,11,14,22H,2-3,8-10,12-13H2,1H3. The van der Waals surface area contributed by atoms with Crippen molar-refractivity contribution in [3.63, 3.8) is 0 Å². The number of hydrogen-bond donors (Lipinski definition) is 1. The Hall–Kier alpha value is -2.34. The van der Waals surface area contributed by atoms with E-state index < -0.39 is 0 Å². The van der Waals surface area contributed by atoms with E-state index in [2.05, 4.69) is 4.98 Å². The lowest BCUT2D eigenvalue weighted by atomic mass is 9.99. The molecule has 1 N–H and O–H groups in total. The second-order valence-corrected chi connectivity index (χ2v) is 6.38. The number of oxazole rings is 1. The number of amides is 1. The molecular formula is C19H24N2O4. The molecule has 1 aliphatic heterocycles. The summed E-state index contributed by atoms with van der Waals surface area (Å²) < 4.78 is 10.9. The quantitative estimate of drug-likeness (QED) is 0.871. The molecule has 1 aliphatic rings. The van der Waals surface area contributed by atoms with Crippen LogP contribution in [0.5, 0.6) is 5.75 Å². The van der Waals surface area contributed by atoms with E-state index in [1.165, 1.54) is 0 Å². The van der Waals surface area contributed by atoms with Crippen LogP contribution in [-0.4, -0.2) is 47.7 Å². The van der Waals surface area contributed by atoms with Crippen molar-refractivity contribution in [3.05, 3.63) is 36.4 Å². The molecule has 6 nitrogen and oxygen atoms in total. The molecule has 1 amide bonds. The highest BCUT2D eigenvalue weighted by molar-refractivity contribution is 5.76. The number of nitrogens with zero attached hydrogens (tertiary/aromatic N) is 2. The van der Waals surface area contributed by atoms with Gasteiger partial charge in [0.25, 0.3) is 0 Å². The van der Waals surface area contributed by atoms with Crippen LogP contribution in [0.4, 0.5) is 0 Å². The summed E-state index contributed by atoms with van der Waals surface area (Å²) >= 11 is 0. The first-order valence-corrected chi connectivity index (χ1v) is 8.67. The van der Waals surface area contributed by atoms with E-state index >= 15 is 0 Å². The van der Waals surface area contributed by atoms with E-state index in [4.69, 9.17) is 9.15 Å². The highest BCUT2D eigenvalue weighted by atomic mass is 16.5. The number of ether oxygens (including phenoxy) is 1. The van der Waals surface area contributed by atoms with Gasteiger partial charge in [-0.15, -0.1) is 0 Å². The number of methoxy groups -OCH3 is 1. The number of aliphatic hydroxyl groups is 1. The molecule has 1 aromatic heterocycles. The lowest BCUT2D eigenvalue weighted by Gasteiger charge is -2.31. The Morgan fingerprint density at radius 1 is 1.40 bits per heavy atom. The molecule has 1 aromatic carbocycles. The third-order valence-electron chi connectivity index (χ3n) is 4.61. The molecule has 134 valence electrons. The van der Waals surface area contributed by atoms with Gasteiger partial charge in [-0.3, -0.25) is 4.79 Å². The van der Waals surface area contributed by atoms with Crippen LogP contribution in [0.3, 0.4) is 0 Å². The molecule has 1 saturated heterocycles. The van der Waals surface area contributed by atoms with Gasteiger partial charge in [-0.25, -0.2) is 4.98 Å². The van der Waals surface area contributed by atoms with Gasteiger partial charge in [-0.2, -0.15) is 0 Å². The molecule has 2 aromatic rings. The number of piperidine rings is 1. The summed E-state index contributed by atoms with van der Waals surface area (Å²) in [5.74, 6) is 2.35. The molecule has 0 saturated carbocycles. The number of carbonyl (C=O) groups excluding carboxylic acids is 1. The Balaban J connectivity index is 1.55. The molecule has 2 heterocycles. The predicted molar refractivity (Wildman–Crippen MR) is 93.2 cm³/mol. The van der Waals surface area contributed by atoms with Crippen LogP contribution in [0.1, 0.15) is 25.2 Å². The first-order valence-electron chi connectivity index (χ1n) is 8.67. The van der Waals surface area contributed by atoms with Crippen molar-refractivity contribution in [3.8, 4) is 17.1 Å². The van der Waals surface area contributed by atoms with Gasteiger partial charge < -0.3 is 19.2 Å². The average Bonchev–Trinajstić information content (AvgIpc) is 3.15. The molecule has 0 radical (unpaired) electrons. The van der Waals surface area contributed by atoms with E-state index in [1.54, 1.807) is 13.3 Å². The Bertz CT molecular complexity index is 696. The van der Waals surface area contributed by atoms with Crippen molar-refractivity contribution in [1.82, 2.24) is 9.88 Å². The fraction of sp³-hybridized carbons (Fsp3) is 0.474. The highest BCUT2D eigenvalue weighted by Gasteiger charge is 2.23. The summed E-state index contributed by atoms with van der Waals surface area (Å²) in [6, 6.07) is 7.57. The first kappa shape index (κ1) is 17.5. The van der Waals surface area contributed by atoms with Crippen LogP contribution in [-0.2, 0) is 11.2 Å². The molecule has 1 unspecified atom stereocenters. The molecule has 0 spiro atoms. The average molecular weight is 344 g/mol. The number of likely N-dealkylation sites (tertiary alicyclic amines) is 1. The number of rotatable bonds is 6. The summed E-state index contributed by atoms with van der Waals surface area (Å²) in [5, 5.41) is 9.27. The molecule has 1 fully saturated rings. The minimum Gasteiger partial charge on any atom is -0.497 e. The molecular weight excluding hydrogens is 320 g/mol. The zero-order chi connectivity index (χ0) is 17.6. The molecule has 0 aliphatic carbocycles. The molecule has 1 atom stereocenters. The third kappa shape index (κ3) is 4.39. The summed E-state index contributed by atoms with van der Waals surface area (Å²) in [4.78, 5) is 18.5. The Morgan fingerprint density at radius 3 is 2.92 bits per heavy atom. The second-order valence-electron chi connectivity index (χ2n) is 6.38. The van der Waals surface area contributed by atoms with Crippen molar-refractivity contribution < 1.29 is 19.1 Å². The monoisotopic (exact) mass is 344 g/mol.